The molecule has 2 aromatic rings. The van der Waals surface area contributed by atoms with Gasteiger partial charge >= 0.3 is 0 Å². The zero-order chi connectivity index (χ0) is 15.3. The van der Waals surface area contributed by atoms with E-state index in [1.807, 2.05) is 6.92 Å². The molecule has 0 saturated carbocycles. The zero-order valence-electron chi connectivity index (χ0n) is 11.8. The van der Waals surface area contributed by atoms with Gasteiger partial charge < -0.3 is 9.84 Å². The van der Waals surface area contributed by atoms with Crippen LogP contribution in [0.2, 0.25) is 0 Å². The maximum Gasteiger partial charge on any atom is 0.244 e. The van der Waals surface area contributed by atoms with E-state index in [1.165, 1.54) is 12.3 Å². The molecule has 114 valence electrons. The van der Waals surface area contributed by atoms with Gasteiger partial charge in [-0.1, -0.05) is 5.16 Å². The molecular formula is C12H17N5O3S. The van der Waals surface area contributed by atoms with Crippen molar-refractivity contribution in [1.82, 2.24) is 19.8 Å². The van der Waals surface area contributed by atoms with E-state index >= 15 is 0 Å². The number of anilines is 1. The maximum atomic E-state index is 12.3. The number of hydrogen-bond acceptors (Lipinski definition) is 7. The Morgan fingerprint density at radius 3 is 2.86 bits per heavy atom. The van der Waals surface area contributed by atoms with Gasteiger partial charge in [0.05, 0.1) is 0 Å². The second kappa shape index (κ2) is 6.64. The average Bonchev–Trinajstić information content (AvgIpc) is 2.85. The lowest BCUT2D eigenvalue weighted by atomic mass is 10.4. The Bertz CT molecular complexity index is 698. The summed E-state index contributed by atoms with van der Waals surface area (Å²) >= 11 is 0. The molecule has 2 rings (SSSR count). The van der Waals surface area contributed by atoms with Crippen LogP contribution in [0.5, 0.6) is 0 Å². The fourth-order valence-electron chi connectivity index (χ4n) is 1.72. The van der Waals surface area contributed by atoms with Crippen molar-refractivity contribution in [2.75, 3.05) is 18.4 Å². The van der Waals surface area contributed by atoms with Crippen LogP contribution in [0.3, 0.4) is 0 Å². The number of aromatic nitrogens is 3. The van der Waals surface area contributed by atoms with Gasteiger partial charge in [-0.15, -0.1) is 0 Å². The van der Waals surface area contributed by atoms with Crippen molar-refractivity contribution in [1.29, 1.82) is 0 Å². The van der Waals surface area contributed by atoms with Crippen molar-refractivity contribution in [3.05, 3.63) is 30.0 Å². The van der Waals surface area contributed by atoms with Crippen LogP contribution < -0.4 is 10.0 Å². The van der Waals surface area contributed by atoms with E-state index < -0.39 is 10.0 Å². The number of nitrogens with one attached hydrogen (secondary N) is 2. The summed E-state index contributed by atoms with van der Waals surface area (Å²) in [5.74, 6) is 1.25. The summed E-state index contributed by atoms with van der Waals surface area (Å²) in [6.45, 7) is 4.33. The summed E-state index contributed by atoms with van der Waals surface area (Å²) in [5.41, 5.74) is 0. The van der Waals surface area contributed by atoms with Crippen molar-refractivity contribution in [3.63, 3.8) is 0 Å². The van der Waals surface area contributed by atoms with Crippen molar-refractivity contribution >= 4 is 15.8 Å². The normalized spacial score (nSPS) is 11.5. The summed E-state index contributed by atoms with van der Waals surface area (Å²) in [6, 6.07) is 3.08. The number of hydrogen-bond donors (Lipinski definition) is 2. The highest BCUT2D eigenvalue weighted by atomic mass is 32.2. The van der Waals surface area contributed by atoms with Crippen LogP contribution in [-0.2, 0) is 16.4 Å². The van der Waals surface area contributed by atoms with Gasteiger partial charge in [-0.3, -0.25) is 0 Å². The predicted octanol–water partition coefficient (Wildman–Crippen LogP) is 0.726. The smallest absolute Gasteiger partial charge is 0.244 e. The van der Waals surface area contributed by atoms with Crippen LogP contribution >= 0.6 is 0 Å². The monoisotopic (exact) mass is 311 g/mol. The SMILES string of the molecule is CCNc1ncccc1S(=O)(=O)NCCc1nc(C)no1. The Kier molecular flexibility index (Phi) is 4.86. The Hall–Kier alpha value is -2.00. The van der Waals surface area contributed by atoms with Crippen molar-refractivity contribution in [2.24, 2.45) is 0 Å². The lowest BCUT2D eigenvalue weighted by molar-refractivity contribution is 0.375. The number of nitrogens with zero attached hydrogens (tertiary/aromatic N) is 3. The topological polar surface area (TPSA) is 110 Å². The van der Waals surface area contributed by atoms with Gasteiger partial charge in [-0.05, 0) is 26.0 Å². The van der Waals surface area contributed by atoms with Gasteiger partial charge in [0.2, 0.25) is 15.9 Å². The minimum absolute atomic E-state index is 0.119. The van der Waals surface area contributed by atoms with Gasteiger partial charge in [0.15, 0.2) is 5.82 Å². The highest BCUT2D eigenvalue weighted by Gasteiger charge is 2.18. The molecule has 0 radical (unpaired) electrons. The van der Waals surface area contributed by atoms with E-state index in [0.717, 1.165) is 0 Å². The Balaban J connectivity index is 2.04. The summed E-state index contributed by atoms with van der Waals surface area (Å²) < 4.78 is 32.0. The third-order valence-corrected chi connectivity index (χ3v) is 4.10. The minimum atomic E-state index is -3.64. The van der Waals surface area contributed by atoms with Gasteiger partial charge in [-0.25, -0.2) is 18.1 Å². The number of rotatable bonds is 7. The van der Waals surface area contributed by atoms with Crippen LogP contribution in [0.15, 0.2) is 27.7 Å². The van der Waals surface area contributed by atoms with Crippen molar-refractivity contribution < 1.29 is 12.9 Å². The van der Waals surface area contributed by atoms with Crippen LogP contribution in [0.1, 0.15) is 18.6 Å². The summed E-state index contributed by atoms with van der Waals surface area (Å²) in [6.07, 6.45) is 1.87. The number of aryl methyl sites for hydroxylation is 1. The van der Waals surface area contributed by atoms with Crippen LogP contribution in [0.25, 0.3) is 0 Å². The lowest BCUT2D eigenvalue weighted by Gasteiger charge is -2.10. The molecule has 0 aliphatic rings. The largest absolute Gasteiger partial charge is 0.369 e. The highest BCUT2D eigenvalue weighted by molar-refractivity contribution is 7.89. The molecule has 8 nitrogen and oxygen atoms in total. The molecule has 2 heterocycles. The maximum absolute atomic E-state index is 12.3. The van der Waals surface area contributed by atoms with Crippen LogP contribution in [0, 0.1) is 6.92 Å². The molecule has 0 unspecified atom stereocenters. The van der Waals surface area contributed by atoms with Crippen molar-refractivity contribution in [3.8, 4) is 0 Å². The van der Waals surface area contributed by atoms with Crippen LogP contribution in [-0.4, -0.2) is 36.6 Å². The first kappa shape index (κ1) is 15.4. The molecule has 0 amide bonds. The molecule has 0 fully saturated rings. The second-order valence-corrected chi connectivity index (χ2v) is 6.00. The van der Waals surface area contributed by atoms with E-state index in [0.29, 0.717) is 30.5 Å². The quantitative estimate of drug-likeness (QED) is 0.775. The van der Waals surface area contributed by atoms with E-state index in [2.05, 4.69) is 25.2 Å². The Morgan fingerprint density at radius 2 is 2.19 bits per heavy atom. The van der Waals surface area contributed by atoms with Crippen LogP contribution in [0.4, 0.5) is 5.82 Å². The minimum Gasteiger partial charge on any atom is -0.369 e. The predicted molar refractivity (Wildman–Crippen MR) is 76.3 cm³/mol. The summed E-state index contributed by atoms with van der Waals surface area (Å²) in [7, 11) is -3.64. The standard InChI is InChI=1S/C12H17N5O3S/c1-3-13-12-10(5-4-7-14-12)21(18,19)15-8-6-11-16-9(2)17-20-11/h4-5,7,15H,3,6,8H2,1-2H3,(H,13,14). The third kappa shape index (κ3) is 3.99. The van der Waals surface area contributed by atoms with Gasteiger partial charge in [0, 0.05) is 25.7 Å². The molecular weight excluding hydrogens is 294 g/mol. The number of pyridine rings is 1. The zero-order valence-corrected chi connectivity index (χ0v) is 12.6. The van der Waals surface area contributed by atoms with E-state index in [1.54, 1.807) is 13.0 Å². The van der Waals surface area contributed by atoms with Gasteiger partial charge in [0.1, 0.15) is 10.7 Å². The molecule has 21 heavy (non-hydrogen) atoms. The fraction of sp³-hybridized carbons (Fsp3) is 0.417. The van der Waals surface area contributed by atoms with E-state index in [9.17, 15) is 8.42 Å². The molecule has 0 saturated heterocycles. The molecule has 0 aliphatic carbocycles. The summed E-state index contributed by atoms with van der Waals surface area (Å²) in [5, 5.41) is 6.57. The van der Waals surface area contributed by atoms with Gasteiger partial charge in [0.25, 0.3) is 0 Å². The van der Waals surface area contributed by atoms with Gasteiger partial charge in [-0.2, -0.15) is 4.98 Å². The fourth-order valence-corrected chi connectivity index (χ4v) is 2.88. The Morgan fingerprint density at radius 1 is 1.38 bits per heavy atom. The first-order valence-electron chi connectivity index (χ1n) is 6.50. The van der Waals surface area contributed by atoms with E-state index in [-0.39, 0.29) is 11.4 Å². The number of sulfonamides is 1. The second-order valence-electron chi connectivity index (χ2n) is 4.26. The molecule has 9 heteroatoms. The first-order chi connectivity index (χ1) is 10.0. The average molecular weight is 311 g/mol. The van der Waals surface area contributed by atoms with Crippen molar-refractivity contribution in [2.45, 2.75) is 25.2 Å². The Labute approximate surface area is 123 Å². The molecule has 0 aromatic carbocycles. The lowest BCUT2D eigenvalue weighted by Crippen LogP contribution is -2.27. The first-order valence-corrected chi connectivity index (χ1v) is 7.99. The summed E-state index contributed by atoms with van der Waals surface area (Å²) in [4.78, 5) is 8.16. The highest BCUT2D eigenvalue weighted by Crippen LogP contribution is 2.17. The molecule has 0 spiro atoms. The third-order valence-electron chi connectivity index (χ3n) is 2.61. The molecule has 0 atom stereocenters. The molecule has 2 aromatic heterocycles. The molecule has 0 bridgehead atoms. The molecule has 0 aliphatic heterocycles. The van der Waals surface area contributed by atoms with E-state index in [4.69, 9.17) is 4.52 Å². The molecule has 2 N–H and O–H groups in total.